The van der Waals surface area contributed by atoms with E-state index in [-0.39, 0.29) is 30.7 Å². The van der Waals surface area contributed by atoms with Crippen LogP contribution in [0.25, 0.3) is 0 Å². The molecule has 2 N–H and O–H groups in total. The third-order valence-corrected chi connectivity index (χ3v) is 3.42. The highest BCUT2D eigenvalue weighted by molar-refractivity contribution is 5.85. The molecule has 1 aliphatic heterocycles. The molecule has 4 nitrogen and oxygen atoms in total. The molecule has 1 heterocycles. The first kappa shape index (κ1) is 16.9. The number of benzene rings is 1. The highest BCUT2D eigenvalue weighted by Crippen LogP contribution is 2.06. The van der Waals surface area contributed by atoms with Gasteiger partial charge in [-0.2, -0.15) is 0 Å². The lowest BCUT2D eigenvalue weighted by molar-refractivity contribution is -0.123. The molecule has 20 heavy (non-hydrogen) atoms. The molecular weight excluding hydrogens is 281 g/mol. The molecule has 112 valence electrons. The van der Waals surface area contributed by atoms with Gasteiger partial charge in [0.1, 0.15) is 5.82 Å². The first-order valence-electron chi connectivity index (χ1n) is 6.61. The number of amides is 1. The van der Waals surface area contributed by atoms with Gasteiger partial charge in [-0.25, -0.2) is 4.39 Å². The summed E-state index contributed by atoms with van der Waals surface area (Å²) < 4.78 is 13.4. The van der Waals surface area contributed by atoms with E-state index in [2.05, 4.69) is 22.5 Å². The Hall–Kier alpha value is -1.17. The Morgan fingerprint density at radius 3 is 2.95 bits per heavy atom. The SMILES string of the molecule is C[C@@H]1CNCCN1CC(=O)NCc1ccccc1F.Cl. The van der Waals surface area contributed by atoms with E-state index in [1.165, 1.54) is 6.07 Å². The van der Waals surface area contributed by atoms with Crippen LogP contribution in [0.1, 0.15) is 12.5 Å². The molecule has 1 aliphatic rings. The molecule has 0 unspecified atom stereocenters. The number of halogens is 2. The topological polar surface area (TPSA) is 44.4 Å². The maximum atomic E-state index is 13.4. The van der Waals surface area contributed by atoms with Gasteiger partial charge in [-0.05, 0) is 13.0 Å². The maximum Gasteiger partial charge on any atom is 0.234 e. The van der Waals surface area contributed by atoms with Crippen LogP contribution in [-0.4, -0.2) is 43.0 Å². The zero-order chi connectivity index (χ0) is 13.7. The van der Waals surface area contributed by atoms with Gasteiger partial charge in [0.2, 0.25) is 5.91 Å². The van der Waals surface area contributed by atoms with Crippen LogP contribution < -0.4 is 10.6 Å². The van der Waals surface area contributed by atoms with Crippen molar-refractivity contribution in [2.45, 2.75) is 19.5 Å². The molecule has 1 aromatic carbocycles. The second kappa shape index (κ2) is 8.19. The number of carbonyl (C=O) groups is 1. The molecular formula is C14H21ClFN3O. The van der Waals surface area contributed by atoms with Crippen molar-refractivity contribution in [2.75, 3.05) is 26.2 Å². The van der Waals surface area contributed by atoms with E-state index in [9.17, 15) is 9.18 Å². The summed E-state index contributed by atoms with van der Waals surface area (Å²) in [5.74, 6) is -0.338. The average Bonchev–Trinajstić information content (AvgIpc) is 2.40. The highest BCUT2D eigenvalue weighted by atomic mass is 35.5. The Balaban J connectivity index is 0.00000200. The van der Waals surface area contributed by atoms with Gasteiger partial charge in [0.05, 0.1) is 6.54 Å². The summed E-state index contributed by atoms with van der Waals surface area (Å²) in [5.41, 5.74) is 0.518. The van der Waals surface area contributed by atoms with Crippen molar-refractivity contribution in [1.29, 1.82) is 0 Å². The number of hydrogen-bond donors (Lipinski definition) is 2. The van der Waals surface area contributed by atoms with Gasteiger partial charge in [-0.1, -0.05) is 18.2 Å². The van der Waals surface area contributed by atoms with Crippen molar-refractivity contribution >= 4 is 18.3 Å². The molecule has 1 amide bonds. The molecule has 0 spiro atoms. The lowest BCUT2D eigenvalue weighted by Crippen LogP contribution is -2.52. The van der Waals surface area contributed by atoms with Crippen LogP contribution in [0.3, 0.4) is 0 Å². The van der Waals surface area contributed by atoms with Crippen LogP contribution >= 0.6 is 12.4 Å². The zero-order valence-electron chi connectivity index (χ0n) is 11.6. The van der Waals surface area contributed by atoms with Gasteiger partial charge in [-0.3, -0.25) is 9.69 Å². The molecule has 1 aromatic rings. The van der Waals surface area contributed by atoms with Gasteiger partial charge >= 0.3 is 0 Å². The largest absolute Gasteiger partial charge is 0.351 e. The van der Waals surface area contributed by atoms with Crippen LogP contribution in [0.4, 0.5) is 4.39 Å². The quantitative estimate of drug-likeness (QED) is 0.877. The fraction of sp³-hybridized carbons (Fsp3) is 0.500. The molecule has 0 radical (unpaired) electrons. The highest BCUT2D eigenvalue weighted by Gasteiger charge is 2.20. The smallest absolute Gasteiger partial charge is 0.234 e. The average molecular weight is 302 g/mol. The van der Waals surface area contributed by atoms with Crippen molar-refractivity contribution in [3.05, 3.63) is 35.6 Å². The fourth-order valence-corrected chi connectivity index (χ4v) is 2.19. The molecule has 0 bridgehead atoms. The van der Waals surface area contributed by atoms with E-state index in [0.717, 1.165) is 19.6 Å². The van der Waals surface area contributed by atoms with Crippen molar-refractivity contribution in [3.8, 4) is 0 Å². The number of rotatable bonds is 4. The lowest BCUT2D eigenvalue weighted by Gasteiger charge is -2.33. The molecule has 2 rings (SSSR count). The standard InChI is InChI=1S/C14H20FN3O.ClH/c1-11-8-16-6-7-18(11)10-14(19)17-9-12-4-2-3-5-13(12)15;/h2-5,11,16H,6-10H2,1H3,(H,17,19);1H/t11-;/m1./s1. The van der Waals surface area contributed by atoms with E-state index in [1.54, 1.807) is 18.2 Å². The minimum Gasteiger partial charge on any atom is -0.351 e. The zero-order valence-corrected chi connectivity index (χ0v) is 12.4. The Morgan fingerprint density at radius 1 is 1.50 bits per heavy atom. The van der Waals surface area contributed by atoms with Crippen molar-refractivity contribution in [2.24, 2.45) is 0 Å². The predicted molar refractivity (Wildman–Crippen MR) is 79.4 cm³/mol. The summed E-state index contributed by atoms with van der Waals surface area (Å²) in [5, 5.41) is 6.05. The van der Waals surface area contributed by atoms with E-state index >= 15 is 0 Å². The van der Waals surface area contributed by atoms with Gasteiger partial charge < -0.3 is 10.6 Å². The minimum atomic E-state index is -0.279. The van der Waals surface area contributed by atoms with E-state index in [0.29, 0.717) is 18.2 Å². The van der Waals surface area contributed by atoms with E-state index < -0.39 is 0 Å². The summed E-state index contributed by atoms with van der Waals surface area (Å²) in [7, 11) is 0. The summed E-state index contributed by atoms with van der Waals surface area (Å²) in [6.45, 7) is 5.39. The summed E-state index contributed by atoms with van der Waals surface area (Å²) in [6, 6.07) is 6.85. The molecule has 0 aromatic heterocycles. The predicted octanol–water partition coefficient (Wildman–Crippen LogP) is 1.16. The molecule has 0 aliphatic carbocycles. The van der Waals surface area contributed by atoms with Crippen molar-refractivity contribution in [3.63, 3.8) is 0 Å². The van der Waals surface area contributed by atoms with Crippen LogP contribution in [0.15, 0.2) is 24.3 Å². The second-order valence-electron chi connectivity index (χ2n) is 4.89. The van der Waals surface area contributed by atoms with Gasteiger partial charge in [0, 0.05) is 37.8 Å². The van der Waals surface area contributed by atoms with Crippen LogP contribution in [0.5, 0.6) is 0 Å². The third-order valence-electron chi connectivity index (χ3n) is 3.42. The van der Waals surface area contributed by atoms with E-state index in [4.69, 9.17) is 0 Å². The first-order valence-corrected chi connectivity index (χ1v) is 6.61. The summed E-state index contributed by atoms with van der Waals surface area (Å²) in [4.78, 5) is 14.0. The van der Waals surface area contributed by atoms with Crippen molar-refractivity contribution in [1.82, 2.24) is 15.5 Å². The number of piperazine rings is 1. The number of hydrogen-bond acceptors (Lipinski definition) is 3. The molecule has 6 heteroatoms. The molecule has 0 saturated carbocycles. The number of nitrogens with one attached hydrogen (secondary N) is 2. The van der Waals surface area contributed by atoms with Crippen LogP contribution in [0, 0.1) is 5.82 Å². The maximum absolute atomic E-state index is 13.4. The monoisotopic (exact) mass is 301 g/mol. The minimum absolute atomic E-state index is 0. The second-order valence-corrected chi connectivity index (χ2v) is 4.89. The van der Waals surface area contributed by atoms with Crippen molar-refractivity contribution < 1.29 is 9.18 Å². The number of nitrogens with zero attached hydrogens (tertiary/aromatic N) is 1. The summed E-state index contributed by atoms with van der Waals surface area (Å²) >= 11 is 0. The normalized spacial score (nSPS) is 19.2. The summed E-state index contributed by atoms with van der Waals surface area (Å²) in [6.07, 6.45) is 0. The molecule has 1 saturated heterocycles. The first-order chi connectivity index (χ1) is 9.16. The molecule has 1 atom stereocenters. The Bertz CT molecular complexity index is 444. The van der Waals surface area contributed by atoms with Gasteiger partial charge in [0.25, 0.3) is 0 Å². The van der Waals surface area contributed by atoms with Gasteiger partial charge in [0.15, 0.2) is 0 Å². The molecule has 1 fully saturated rings. The Kier molecular flexibility index (Phi) is 6.91. The number of carbonyl (C=O) groups excluding carboxylic acids is 1. The van der Waals surface area contributed by atoms with Crippen LogP contribution in [0.2, 0.25) is 0 Å². The third kappa shape index (κ3) is 4.74. The van der Waals surface area contributed by atoms with Crippen LogP contribution in [-0.2, 0) is 11.3 Å². The lowest BCUT2D eigenvalue weighted by atomic mass is 10.2. The Labute approximate surface area is 125 Å². The fourth-order valence-electron chi connectivity index (χ4n) is 2.19. The van der Waals surface area contributed by atoms with Gasteiger partial charge in [-0.15, -0.1) is 12.4 Å². The van der Waals surface area contributed by atoms with E-state index in [1.807, 2.05) is 0 Å². The Morgan fingerprint density at radius 2 is 2.25 bits per heavy atom.